The van der Waals surface area contributed by atoms with Crippen molar-refractivity contribution in [3.8, 4) is 5.75 Å². The molecule has 2 saturated heterocycles. The van der Waals surface area contributed by atoms with Gasteiger partial charge >= 0.3 is 0 Å². The van der Waals surface area contributed by atoms with Crippen molar-refractivity contribution < 1.29 is 9.84 Å². The number of nitrogens with zero attached hydrogens (tertiary/aromatic N) is 1. The first-order valence-corrected chi connectivity index (χ1v) is 8.12. The molecular weight excluding hydrogens is 262 g/mol. The molecule has 3 nitrogen and oxygen atoms in total. The van der Waals surface area contributed by atoms with Crippen LogP contribution in [-0.2, 0) is 6.42 Å². The van der Waals surface area contributed by atoms with Crippen LogP contribution in [-0.4, -0.2) is 42.4 Å². The number of rotatable bonds is 4. The zero-order valence-electron chi connectivity index (χ0n) is 13.4. The topological polar surface area (TPSA) is 32.7 Å². The molecule has 21 heavy (non-hydrogen) atoms. The number of piperidine rings is 1. The minimum Gasteiger partial charge on any atom is -0.496 e. The van der Waals surface area contributed by atoms with Crippen LogP contribution in [0.2, 0.25) is 0 Å². The summed E-state index contributed by atoms with van der Waals surface area (Å²) in [6.45, 7) is 2.09. The SMILES string of the molecule is COc1ccc(C)cc1CC(O)C1CC2CCC(C1)N2C. The number of aliphatic hydroxyl groups excluding tert-OH is 1. The molecule has 0 amide bonds. The van der Waals surface area contributed by atoms with Crippen LogP contribution < -0.4 is 4.74 Å². The lowest BCUT2D eigenvalue weighted by Crippen LogP contribution is -2.43. The third kappa shape index (κ3) is 2.95. The lowest BCUT2D eigenvalue weighted by Gasteiger charge is -2.38. The van der Waals surface area contributed by atoms with E-state index in [0.29, 0.717) is 24.4 Å². The normalized spacial score (nSPS) is 30.4. The lowest BCUT2D eigenvalue weighted by atomic mass is 9.84. The number of benzene rings is 1. The van der Waals surface area contributed by atoms with Crippen molar-refractivity contribution in [3.63, 3.8) is 0 Å². The smallest absolute Gasteiger partial charge is 0.122 e. The molecule has 0 aliphatic carbocycles. The van der Waals surface area contributed by atoms with E-state index in [1.165, 1.54) is 18.4 Å². The van der Waals surface area contributed by atoms with Gasteiger partial charge in [-0.1, -0.05) is 17.7 Å². The first kappa shape index (κ1) is 14.9. The molecule has 2 heterocycles. The van der Waals surface area contributed by atoms with Gasteiger partial charge in [0.1, 0.15) is 5.75 Å². The van der Waals surface area contributed by atoms with Crippen LogP contribution in [0.1, 0.15) is 36.8 Å². The lowest BCUT2D eigenvalue weighted by molar-refractivity contribution is 0.0365. The Morgan fingerprint density at radius 2 is 1.95 bits per heavy atom. The third-order valence-electron chi connectivity index (χ3n) is 5.54. The summed E-state index contributed by atoms with van der Waals surface area (Å²) in [5, 5.41) is 10.7. The Balaban J connectivity index is 1.69. The molecule has 1 aromatic carbocycles. The Hall–Kier alpha value is -1.06. The van der Waals surface area contributed by atoms with E-state index in [0.717, 1.165) is 24.2 Å². The predicted molar refractivity (Wildman–Crippen MR) is 84.7 cm³/mol. The van der Waals surface area contributed by atoms with Crippen molar-refractivity contribution in [3.05, 3.63) is 29.3 Å². The fourth-order valence-electron chi connectivity index (χ4n) is 4.23. The number of aryl methyl sites for hydroxylation is 1. The predicted octanol–water partition coefficient (Wildman–Crippen LogP) is 2.78. The highest BCUT2D eigenvalue weighted by atomic mass is 16.5. The summed E-state index contributed by atoms with van der Waals surface area (Å²) in [5.41, 5.74) is 2.36. The Labute approximate surface area is 127 Å². The molecule has 2 fully saturated rings. The molecule has 3 heteroatoms. The van der Waals surface area contributed by atoms with Crippen LogP contribution in [0.5, 0.6) is 5.75 Å². The molecule has 3 rings (SSSR count). The Morgan fingerprint density at radius 1 is 1.29 bits per heavy atom. The molecule has 2 bridgehead atoms. The summed E-state index contributed by atoms with van der Waals surface area (Å²) >= 11 is 0. The van der Waals surface area contributed by atoms with E-state index in [-0.39, 0.29) is 6.10 Å². The largest absolute Gasteiger partial charge is 0.496 e. The standard InChI is InChI=1S/C18H27NO2/c1-12-4-7-18(21-3)14(8-12)11-17(20)13-9-15-5-6-16(10-13)19(15)2/h4,7-8,13,15-17,20H,5-6,9-11H2,1-3H3. The van der Waals surface area contributed by atoms with E-state index in [1.54, 1.807) is 7.11 Å². The van der Waals surface area contributed by atoms with Crippen molar-refractivity contribution in [1.29, 1.82) is 0 Å². The maximum Gasteiger partial charge on any atom is 0.122 e. The summed E-state index contributed by atoms with van der Waals surface area (Å²) in [6.07, 6.45) is 5.34. The second kappa shape index (κ2) is 5.98. The van der Waals surface area contributed by atoms with Gasteiger partial charge in [0, 0.05) is 18.5 Å². The summed E-state index contributed by atoms with van der Waals surface area (Å²) < 4.78 is 5.44. The number of ether oxygens (including phenoxy) is 1. The zero-order chi connectivity index (χ0) is 15.0. The van der Waals surface area contributed by atoms with Gasteiger partial charge in [0.05, 0.1) is 13.2 Å². The van der Waals surface area contributed by atoms with Gasteiger partial charge in [0.25, 0.3) is 0 Å². The number of methoxy groups -OCH3 is 1. The number of aliphatic hydroxyl groups is 1. The van der Waals surface area contributed by atoms with Gasteiger partial charge in [0.2, 0.25) is 0 Å². The molecule has 1 N–H and O–H groups in total. The molecule has 1 aromatic rings. The van der Waals surface area contributed by atoms with E-state index < -0.39 is 0 Å². The van der Waals surface area contributed by atoms with Crippen molar-refractivity contribution in [2.24, 2.45) is 5.92 Å². The second-order valence-electron chi connectivity index (χ2n) is 6.87. The van der Waals surface area contributed by atoms with E-state index in [2.05, 4.69) is 31.0 Å². The average molecular weight is 289 g/mol. The third-order valence-corrected chi connectivity index (χ3v) is 5.54. The zero-order valence-corrected chi connectivity index (χ0v) is 13.4. The maximum atomic E-state index is 10.7. The van der Waals surface area contributed by atoms with Gasteiger partial charge in [-0.2, -0.15) is 0 Å². The monoisotopic (exact) mass is 289 g/mol. The minimum atomic E-state index is -0.252. The van der Waals surface area contributed by atoms with Gasteiger partial charge in [-0.3, -0.25) is 0 Å². The van der Waals surface area contributed by atoms with Gasteiger partial charge in [-0.25, -0.2) is 0 Å². The van der Waals surface area contributed by atoms with Crippen LogP contribution in [0.25, 0.3) is 0 Å². The first-order chi connectivity index (χ1) is 10.1. The van der Waals surface area contributed by atoms with Crippen LogP contribution in [0.3, 0.4) is 0 Å². The molecule has 3 unspecified atom stereocenters. The van der Waals surface area contributed by atoms with Crippen LogP contribution in [0, 0.1) is 12.8 Å². The van der Waals surface area contributed by atoms with Gasteiger partial charge in [0.15, 0.2) is 0 Å². The van der Waals surface area contributed by atoms with Gasteiger partial charge in [-0.15, -0.1) is 0 Å². The Kier molecular flexibility index (Phi) is 4.23. The highest BCUT2D eigenvalue weighted by Crippen LogP contribution is 2.39. The fraction of sp³-hybridized carbons (Fsp3) is 0.667. The second-order valence-corrected chi connectivity index (χ2v) is 6.87. The molecule has 0 radical (unpaired) electrons. The van der Waals surface area contributed by atoms with Gasteiger partial charge in [-0.05, 0) is 57.2 Å². The highest BCUT2D eigenvalue weighted by Gasteiger charge is 2.40. The fourth-order valence-corrected chi connectivity index (χ4v) is 4.23. The van der Waals surface area contributed by atoms with E-state index in [1.807, 2.05) is 6.07 Å². The minimum absolute atomic E-state index is 0.252. The molecule has 3 atom stereocenters. The molecule has 2 aliphatic heterocycles. The number of hydrogen-bond donors (Lipinski definition) is 1. The maximum absolute atomic E-state index is 10.7. The molecular formula is C18H27NO2. The van der Waals surface area contributed by atoms with Crippen molar-refractivity contribution in [2.45, 2.75) is 57.2 Å². The molecule has 116 valence electrons. The Morgan fingerprint density at radius 3 is 2.57 bits per heavy atom. The van der Waals surface area contributed by atoms with E-state index in [9.17, 15) is 5.11 Å². The molecule has 0 spiro atoms. The Bertz CT molecular complexity index is 488. The van der Waals surface area contributed by atoms with E-state index >= 15 is 0 Å². The number of fused-ring (bicyclic) bond motifs is 2. The van der Waals surface area contributed by atoms with Gasteiger partial charge < -0.3 is 14.7 Å². The van der Waals surface area contributed by atoms with Crippen molar-refractivity contribution >= 4 is 0 Å². The summed E-state index contributed by atoms with van der Waals surface area (Å²) in [7, 11) is 3.95. The summed E-state index contributed by atoms with van der Waals surface area (Å²) in [4.78, 5) is 2.52. The van der Waals surface area contributed by atoms with E-state index in [4.69, 9.17) is 4.74 Å². The highest BCUT2D eigenvalue weighted by molar-refractivity contribution is 5.37. The van der Waals surface area contributed by atoms with Crippen molar-refractivity contribution in [2.75, 3.05) is 14.2 Å². The van der Waals surface area contributed by atoms with Crippen LogP contribution in [0.4, 0.5) is 0 Å². The molecule has 2 aliphatic rings. The van der Waals surface area contributed by atoms with Crippen LogP contribution >= 0.6 is 0 Å². The molecule has 0 aromatic heterocycles. The quantitative estimate of drug-likeness (QED) is 0.925. The number of hydrogen-bond acceptors (Lipinski definition) is 3. The summed E-state index contributed by atoms with van der Waals surface area (Å²) in [5.74, 6) is 1.33. The summed E-state index contributed by atoms with van der Waals surface area (Å²) in [6, 6.07) is 7.58. The first-order valence-electron chi connectivity index (χ1n) is 8.12. The van der Waals surface area contributed by atoms with Crippen molar-refractivity contribution in [1.82, 2.24) is 4.90 Å². The molecule has 0 saturated carbocycles. The average Bonchev–Trinajstić information content (AvgIpc) is 2.69. The van der Waals surface area contributed by atoms with Crippen LogP contribution in [0.15, 0.2) is 18.2 Å².